The molecule has 2 rings (SSSR count). The Labute approximate surface area is 148 Å². The Balaban J connectivity index is 0.00000288. The van der Waals surface area contributed by atoms with E-state index >= 15 is 0 Å². The van der Waals surface area contributed by atoms with Gasteiger partial charge >= 0.3 is 0 Å². The van der Waals surface area contributed by atoms with Crippen LogP contribution in [0.2, 0.25) is 0 Å². The molecule has 1 N–H and O–H groups in total. The lowest BCUT2D eigenvalue weighted by Gasteiger charge is -2.16. The summed E-state index contributed by atoms with van der Waals surface area (Å²) in [5, 5.41) is 3.09. The number of carbonyl (C=O) groups excluding carboxylic acids is 1. The van der Waals surface area contributed by atoms with Crippen molar-refractivity contribution in [2.75, 3.05) is 27.9 Å². The highest BCUT2D eigenvalue weighted by molar-refractivity contribution is 5.85. The van der Waals surface area contributed by atoms with Crippen LogP contribution in [0.4, 0.5) is 0 Å². The lowest BCUT2D eigenvalue weighted by Crippen LogP contribution is -2.15. The minimum atomic E-state index is 0. The van der Waals surface area contributed by atoms with Crippen molar-refractivity contribution in [1.29, 1.82) is 0 Å². The fraction of sp³-hybridized carbons (Fsp3) is 0.278. The molecule has 0 saturated carbocycles. The van der Waals surface area contributed by atoms with Crippen molar-refractivity contribution in [3.63, 3.8) is 0 Å². The normalized spacial score (nSPS) is 9.79. The maximum atomic E-state index is 10.5. The van der Waals surface area contributed by atoms with Gasteiger partial charge in [0.05, 0.1) is 27.9 Å². The Morgan fingerprint density at radius 2 is 1.62 bits per heavy atom. The average Bonchev–Trinajstić information content (AvgIpc) is 2.61. The Bertz CT molecular complexity index is 651. The first-order chi connectivity index (χ1) is 11.2. The molecule has 0 aliphatic heterocycles. The number of hydrogen-bond donors (Lipinski definition) is 1. The van der Waals surface area contributed by atoms with E-state index < -0.39 is 0 Å². The van der Waals surface area contributed by atoms with Gasteiger partial charge in [0.15, 0.2) is 11.5 Å². The first-order valence-electron chi connectivity index (χ1n) is 7.27. The molecule has 24 heavy (non-hydrogen) atoms. The van der Waals surface area contributed by atoms with Gasteiger partial charge in [-0.05, 0) is 28.8 Å². The topological polar surface area (TPSA) is 56.8 Å². The Morgan fingerprint density at radius 3 is 2.17 bits per heavy atom. The van der Waals surface area contributed by atoms with E-state index in [4.69, 9.17) is 14.2 Å². The van der Waals surface area contributed by atoms with Crippen LogP contribution >= 0.6 is 12.4 Å². The maximum Gasteiger partial charge on any atom is 0.203 e. The summed E-state index contributed by atoms with van der Waals surface area (Å²) >= 11 is 0. The Hall–Kier alpha value is -2.24. The van der Waals surface area contributed by atoms with E-state index in [2.05, 4.69) is 5.32 Å². The molecule has 5 nitrogen and oxygen atoms in total. The summed E-state index contributed by atoms with van der Waals surface area (Å²) in [7, 11) is 4.77. The van der Waals surface area contributed by atoms with Gasteiger partial charge in [-0.3, -0.25) is 0 Å². The maximum absolute atomic E-state index is 10.5. The molecule has 0 aliphatic rings. The number of rotatable bonds is 8. The van der Waals surface area contributed by atoms with Crippen LogP contribution in [0, 0.1) is 0 Å². The van der Waals surface area contributed by atoms with Gasteiger partial charge in [0.1, 0.15) is 6.29 Å². The molecule has 0 aromatic heterocycles. The third-order valence-electron chi connectivity index (χ3n) is 3.54. The minimum absolute atomic E-state index is 0. The summed E-state index contributed by atoms with van der Waals surface area (Å²) in [5.41, 5.74) is 3.09. The van der Waals surface area contributed by atoms with E-state index in [9.17, 15) is 4.79 Å². The first kappa shape index (κ1) is 19.8. The lowest BCUT2D eigenvalue weighted by atomic mass is 9.98. The summed E-state index contributed by atoms with van der Waals surface area (Å²) in [6.07, 6.45) is 0.849. The first-order valence-corrected chi connectivity index (χ1v) is 7.27. The van der Waals surface area contributed by atoms with Crippen LogP contribution in [0.1, 0.15) is 5.56 Å². The van der Waals surface area contributed by atoms with E-state index in [1.54, 1.807) is 21.3 Å². The summed E-state index contributed by atoms with van der Waals surface area (Å²) in [5.74, 6) is 1.78. The largest absolute Gasteiger partial charge is 0.493 e. The fourth-order valence-electron chi connectivity index (χ4n) is 2.46. The molecule has 0 aliphatic carbocycles. The summed E-state index contributed by atoms with van der Waals surface area (Å²) in [6.45, 7) is 0.926. The van der Waals surface area contributed by atoms with Gasteiger partial charge in [-0.25, -0.2) is 0 Å². The number of ether oxygens (including phenoxy) is 3. The van der Waals surface area contributed by atoms with E-state index in [0.717, 1.165) is 23.0 Å². The third-order valence-corrected chi connectivity index (χ3v) is 3.54. The van der Waals surface area contributed by atoms with Crippen LogP contribution in [-0.4, -0.2) is 34.2 Å². The molecule has 130 valence electrons. The summed E-state index contributed by atoms with van der Waals surface area (Å²) < 4.78 is 16.2. The van der Waals surface area contributed by atoms with Crippen LogP contribution in [0.15, 0.2) is 36.4 Å². The highest BCUT2D eigenvalue weighted by Gasteiger charge is 2.15. The fourth-order valence-corrected chi connectivity index (χ4v) is 2.46. The summed E-state index contributed by atoms with van der Waals surface area (Å²) in [6, 6.07) is 11.8. The zero-order valence-electron chi connectivity index (χ0n) is 14.0. The van der Waals surface area contributed by atoms with Crippen LogP contribution in [0.25, 0.3) is 11.1 Å². The molecule has 0 atom stereocenters. The molecule has 2 aromatic carbocycles. The number of benzene rings is 2. The van der Waals surface area contributed by atoms with Gasteiger partial charge in [-0.1, -0.05) is 24.3 Å². The van der Waals surface area contributed by atoms with Gasteiger partial charge in [0.2, 0.25) is 5.75 Å². The average molecular weight is 352 g/mol. The summed E-state index contributed by atoms with van der Waals surface area (Å²) in [4.78, 5) is 10.5. The Kier molecular flexibility index (Phi) is 8.09. The second-order valence-corrected chi connectivity index (χ2v) is 4.87. The molecule has 6 heteroatoms. The highest BCUT2D eigenvalue weighted by Crippen LogP contribution is 2.41. The lowest BCUT2D eigenvalue weighted by molar-refractivity contribution is -0.107. The standard InChI is InChI=1S/C18H21NO4.ClH/c1-21-16-10-14(11-17(22-2)18(16)23-3)15-7-5-4-6-13(15)12-19-8-9-20;/h4-7,9-11,19H,8,12H2,1-3H3;1H. The van der Waals surface area contributed by atoms with Gasteiger partial charge in [-0.2, -0.15) is 0 Å². The number of halogens is 1. The van der Waals surface area contributed by atoms with Crippen molar-refractivity contribution >= 4 is 18.7 Å². The second kappa shape index (κ2) is 9.80. The molecular formula is C18H22ClNO4. The minimum Gasteiger partial charge on any atom is -0.493 e. The molecule has 0 saturated heterocycles. The SMILES string of the molecule is COc1cc(-c2ccccc2CNCC=O)cc(OC)c1OC.Cl. The van der Waals surface area contributed by atoms with Crippen LogP contribution in [-0.2, 0) is 11.3 Å². The number of nitrogens with one attached hydrogen (secondary N) is 1. The van der Waals surface area contributed by atoms with Gasteiger partial charge in [-0.15, -0.1) is 12.4 Å². The van der Waals surface area contributed by atoms with Gasteiger partial charge in [0.25, 0.3) is 0 Å². The van der Waals surface area contributed by atoms with Crippen LogP contribution < -0.4 is 19.5 Å². The Morgan fingerprint density at radius 1 is 1.00 bits per heavy atom. The molecule has 0 heterocycles. The number of aldehydes is 1. The molecular weight excluding hydrogens is 330 g/mol. The van der Waals surface area contributed by atoms with E-state index in [-0.39, 0.29) is 12.4 Å². The van der Waals surface area contributed by atoms with Gasteiger partial charge in [0, 0.05) is 6.54 Å². The van der Waals surface area contributed by atoms with Crippen molar-refractivity contribution in [3.8, 4) is 28.4 Å². The monoisotopic (exact) mass is 351 g/mol. The number of hydrogen-bond acceptors (Lipinski definition) is 5. The molecule has 0 amide bonds. The molecule has 0 bridgehead atoms. The van der Waals surface area contributed by atoms with Gasteiger partial charge < -0.3 is 24.3 Å². The number of carbonyl (C=O) groups is 1. The zero-order chi connectivity index (χ0) is 16.7. The highest BCUT2D eigenvalue weighted by atomic mass is 35.5. The van der Waals surface area contributed by atoms with Crippen molar-refractivity contribution in [2.45, 2.75) is 6.54 Å². The molecule has 0 fully saturated rings. The zero-order valence-corrected chi connectivity index (χ0v) is 14.8. The molecule has 2 aromatic rings. The molecule has 0 unspecified atom stereocenters. The van der Waals surface area contributed by atoms with E-state index in [1.807, 2.05) is 36.4 Å². The van der Waals surface area contributed by atoms with E-state index in [0.29, 0.717) is 30.3 Å². The van der Waals surface area contributed by atoms with Crippen molar-refractivity contribution < 1.29 is 19.0 Å². The van der Waals surface area contributed by atoms with Crippen LogP contribution in [0.5, 0.6) is 17.2 Å². The smallest absolute Gasteiger partial charge is 0.203 e. The predicted octanol–water partition coefficient (Wildman–Crippen LogP) is 3.09. The predicted molar refractivity (Wildman–Crippen MR) is 96.6 cm³/mol. The third kappa shape index (κ3) is 4.40. The number of methoxy groups -OCH3 is 3. The second-order valence-electron chi connectivity index (χ2n) is 4.87. The van der Waals surface area contributed by atoms with Crippen molar-refractivity contribution in [3.05, 3.63) is 42.0 Å². The molecule has 0 spiro atoms. The van der Waals surface area contributed by atoms with E-state index in [1.165, 1.54) is 0 Å². The van der Waals surface area contributed by atoms with Crippen molar-refractivity contribution in [1.82, 2.24) is 5.32 Å². The molecule has 0 radical (unpaired) electrons. The van der Waals surface area contributed by atoms with Crippen molar-refractivity contribution in [2.24, 2.45) is 0 Å². The quantitative estimate of drug-likeness (QED) is 0.585. The van der Waals surface area contributed by atoms with Crippen LogP contribution in [0.3, 0.4) is 0 Å².